The number of aryl methyl sites for hydroxylation is 1. The van der Waals surface area contributed by atoms with Gasteiger partial charge in [-0.25, -0.2) is 0 Å². The Balaban J connectivity index is 0.000000217. The van der Waals surface area contributed by atoms with Crippen LogP contribution >= 0.6 is 17.9 Å². The summed E-state index contributed by atoms with van der Waals surface area (Å²) in [6, 6.07) is 10.3. The molecule has 0 amide bonds. The van der Waals surface area contributed by atoms with E-state index in [1.54, 1.807) is 0 Å². The van der Waals surface area contributed by atoms with Gasteiger partial charge in [0, 0.05) is 0 Å². The molecule has 5 heteroatoms. The van der Waals surface area contributed by atoms with Gasteiger partial charge in [0.05, 0.1) is 0 Å². The third-order valence-electron chi connectivity index (χ3n) is 0.940. The number of rotatable bonds is 0. The average Bonchev–Trinajstić information content (AvgIpc) is 1.85. The predicted molar refractivity (Wildman–Crippen MR) is 58.9 cm³/mol. The van der Waals surface area contributed by atoms with Crippen LogP contribution < -0.4 is 0 Å². The van der Waals surface area contributed by atoms with Crippen LogP contribution in [0.15, 0.2) is 30.3 Å². The molecule has 0 bridgehead atoms. The number of hydrogen-bond acceptors (Lipinski definition) is 1. The van der Waals surface area contributed by atoms with Crippen LogP contribution in [0.1, 0.15) is 5.56 Å². The minimum absolute atomic E-state index is 1.32. The fraction of sp³-hybridized carbons (Fsp3) is 0.143. The number of benzene rings is 1. The normalized spacial score (nSPS) is 10.0. The Hall–Kier alpha value is 0.140. The van der Waals surface area contributed by atoms with Gasteiger partial charge in [0.25, 0.3) is 0 Å². The van der Waals surface area contributed by atoms with Crippen LogP contribution in [0, 0.1) is 6.92 Å². The molecular formula is C7H11O2PS2. The van der Waals surface area contributed by atoms with E-state index in [-0.39, 0.29) is 0 Å². The molecule has 0 saturated heterocycles. The highest BCUT2D eigenvalue weighted by molar-refractivity contribution is 8.59. The number of thiol groups is 1. The molecule has 2 N–H and O–H groups in total. The molecule has 0 radical (unpaired) electrons. The van der Waals surface area contributed by atoms with Gasteiger partial charge in [0.2, 0.25) is 5.69 Å². The molecule has 1 aromatic carbocycles. The second kappa shape index (κ2) is 5.73. The Morgan fingerprint density at radius 1 is 1.25 bits per heavy atom. The lowest BCUT2D eigenvalue weighted by molar-refractivity contribution is 0.503. The maximum absolute atomic E-state index is 7.87. The van der Waals surface area contributed by atoms with Crippen molar-refractivity contribution in [1.29, 1.82) is 0 Å². The zero-order valence-electron chi connectivity index (χ0n) is 6.58. The predicted octanol–water partition coefficient (Wildman–Crippen LogP) is 2.12. The van der Waals surface area contributed by atoms with Crippen molar-refractivity contribution in [2.24, 2.45) is 0 Å². The molecule has 0 spiro atoms. The zero-order chi connectivity index (χ0) is 9.61. The topological polar surface area (TPSA) is 40.5 Å². The summed E-state index contributed by atoms with van der Waals surface area (Å²) in [7, 11) is 0. The molecule has 0 aliphatic heterocycles. The summed E-state index contributed by atoms with van der Waals surface area (Å²) in [5, 5.41) is 0. The lowest BCUT2D eigenvalue weighted by Crippen LogP contribution is -1.62. The van der Waals surface area contributed by atoms with E-state index in [1.807, 2.05) is 18.2 Å². The monoisotopic (exact) mass is 222 g/mol. The highest BCUT2D eigenvalue weighted by Crippen LogP contribution is 2.39. The van der Waals surface area contributed by atoms with Crippen LogP contribution in [0.4, 0.5) is 0 Å². The van der Waals surface area contributed by atoms with Crippen LogP contribution in [0.3, 0.4) is 0 Å². The summed E-state index contributed by atoms with van der Waals surface area (Å²) in [6.07, 6.45) is 0. The molecule has 0 fully saturated rings. The first-order chi connectivity index (χ1) is 5.39. The Labute approximate surface area is 82.6 Å². The first kappa shape index (κ1) is 12.1. The third kappa shape index (κ3) is 12.8. The number of hydrogen-bond donors (Lipinski definition) is 3. The molecule has 0 atom stereocenters. The summed E-state index contributed by atoms with van der Waals surface area (Å²) in [4.78, 5) is 15.7. The van der Waals surface area contributed by atoms with Gasteiger partial charge < -0.3 is 9.79 Å². The smallest absolute Gasteiger partial charge is 0.239 e. The molecule has 0 saturated carbocycles. The van der Waals surface area contributed by atoms with Crippen LogP contribution in [-0.4, -0.2) is 9.79 Å². The maximum atomic E-state index is 7.87. The summed E-state index contributed by atoms with van der Waals surface area (Å²) < 4.78 is 0. The van der Waals surface area contributed by atoms with Gasteiger partial charge in [-0.2, -0.15) is 0 Å². The van der Waals surface area contributed by atoms with Crippen LogP contribution in [-0.2, 0) is 11.8 Å². The first-order valence-corrected chi connectivity index (χ1v) is 7.05. The van der Waals surface area contributed by atoms with E-state index < -0.39 is 5.69 Å². The van der Waals surface area contributed by atoms with E-state index in [4.69, 9.17) is 9.79 Å². The molecule has 1 rings (SSSR count). The molecule has 12 heavy (non-hydrogen) atoms. The SMILES string of the molecule is Cc1ccccc1.OP(O)(=S)S. The van der Waals surface area contributed by atoms with Crippen molar-refractivity contribution in [3.05, 3.63) is 35.9 Å². The fourth-order valence-electron chi connectivity index (χ4n) is 0.534. The quantitative estimate of drug-likeness (QED) is 0.465. The van der Waals surface area contributed by atoms with Gasteiger partial charge in [-0.05, 0) is 18.7 Å². The average molecular weight is 222 g/mol. The second-order valence-electron chi connectivity index (χ2n) is 2.17. The second-order valence-corrected chi connectivity index (χ2v) is 7.21. The molecule has 0 aliphatic rings. The molecule has 1 aromatic rings. The summed E-state index contributed by atoms with van der Waals surface area (Å²) in [5.41, 5.74) is -1.79. The fourth-order valence-corrected chi connectivity index (χ4v) is 0.534. The van der Waals surface area contributed by atoms with Crippen molar-refractivity contribution in [1.82, 2.24) is 0 Å². The Kier molecular flexibility index (Phi) is 5.80. The van der Waals surface area contributed by atoms with Crippen molar-refractivity contribution >= 4 is 29.7 Å². The van der Waals surface area contributed by atoms with Crippen LogP contribution in [0.2, 0.25) is 0 Å². The minimum atomic E-state index is -3.11. The van der Waals surface area contributed by atoms with Gasteiger partial charge in [0.1, 0.15) is 0 Å². The van der Waals surface area contributed by atoms with E-state index in [2.05, 4.69) is 43.1 Å². The molecule has 2 nitrogen and oxygen atoms in total. The van der Waals surface area contributed by atoms with Gasteiger partial charge in [-0.3, -0.25) is 0 Å². The van der Waals surface area contributed by atoms with Crippen LogP contribution in [0.5, 0.6) is 0 Å². The molecule has 0 aromatic heterocycles. The van der Waals surface area contributed by atoms with E-state index >= 15 is 0 Å². The largest absolute Gasteiger partial charge is 0.338 e. The summed E-state index contributed by atoms with van der Waals surface area (Å²) >= 11 is 7.07. The molecule has 0 heterocycles. The van der Waals surface area contributed by atoms with E-state index in [1.165, 1.54) is 5.56 Å². The summed E-state index contributed by atoms with van der Waals surface area (Å²) in [5.74, 6) is 0. The maximum Gasteiger partial charge on any atom is 0.239 e. The van der Waals surface area contributed by atoms with E-state index in [9.17, 15) is 0 Å². The molecular weight excluding hydrogens is 211 g/mol. The van der Waals surface area contributed by atoms with E-state index in [0.717, 1.165) is 0 Å². The standard InChI is InChI=1S/C7H8.H3O2PS2/c1-7-5-3-2-4-6-7;1-3(2,4)5/h2-6H,1H3;(H3,1,2,4,5). The lowest BCUT2D eigenvalue weighted by atomic mass is 10.2. The van der Waals surface area contributed by atoms with Crippen molar-refractivity contribution in [3.8, 4) is 0 Å². The van der Waals surface area contributed by atoms with Gasteiger partial charge in [-0.1, -0.05) is 48.1 Å². The van der Waals surface area contributed by atoms with E-state index in [0.29, 0.717) is 0 Å². The molecule has 0 aliphatic carbocycles. The third-order valence-corrected chi connectivity index (χ3v) is 0.940. The molecule has 0 unspecified atom stereocenters. The highest BCUT2D eigenvalue weighted by atomic mass is 32.9. The van der Waals surface area contributed by atoms with Gasteiger partial charge in [0.15, 0.2) is 0 Å². The molecule has 68 valence electrons. The minimum Gasteiger partial charge on any atom is -0.338 e. The van der Waals surface area contributed by atoms with Crippen molar-refractivity contribution < 1.29 is 9.79 Å². The highest BCUT2D eigenvalue weighted by Gasteiger charge is 1.90. The Bertz CT molecular complexity index is 249. The van der Waals surface area contributed by atoms with Gasteiger partial charge >= 0.3 is 0 Å². The van der Waals surface area contributed by atoms with Crippen molar-refractivity contribution in [2.75, 3.05) is 0 Å². The summed E-state index contributed by atoms with van der Waals surface area (Å²) in [6.45, 7) is 2.08. The lowest BCUT2D eigenvalue weighted by Gasteiger charge is -1.88. The Morgan fingerprint density at radius 3 is 1.75 bits per heavy atom. The van der Waals surface area contributed by atoms with Crippen molar-refractivity contribution in [3.63, 3.8) is 0 Å². The van der Waals surface area contributed by atoms with Gasteiger partial charge in [-0.15, -0.1) is 0 Å². The first-order valence-electron chi connectivity index (χ1n) is 3.19. The van der Waals surface area contributed by atoms with Crippen molar-refractivity contribution in [2.45, 2.75) is 6.92 Å². The zero-order valence-corrected chi connectivity index (χ0v) is 9.19. The Morgan fingerprint density at radius 2 is 1.58 bits per heavy atom. The van der Waals surface area contributed by atoms with Crippen LogP contribution in [0.25, 0.3) is 0 Å².